The number of sulfonamides is 1. The van der Waals surface area contributed by atoms with Gasteiger partial charge in [0.05, 0.1) is 31.4 Å². The van der Waals surface area contributed by atoms with E-state index in [1.807, 2.05) is 38.1 Å². The highest BCUT2D eigenvalue weighted by Gasteiger charge is 2.34. The van der Waals surface area contributed by atoms with E-state index in [0.717, 1.165) is 47.5 Å². The van der Waals surface area contributed by atoms with Gasteiger partial charge in [0, 0.05) is 18.7 Å². The molecule has 1 aliphatic rings. The molecule has 0 spiro atoms. The Balaban J connectivity index is 1.72. The summed E-state index contributed by atoms with van der Waals surface area (Å²) < 4.78 is 45.9. The number of ether oxygens (including phenoxy) is 3. The smallest absolute Gasteiger partial charge is 0.264 e. The van der Waals surface area contributed by atoms with Gasteiger partial charge in [-0.05, 0) is 81.1 Å². The van der Waals surface area contributed by atoms with Crippen LogP contribution < -0.4 is 23.8 Å². The van der Waals surface area contributed by atoms with Crippen LogP contribution >= 0.6 is 0 Å². The number of carbonyl (C=O) groups excluding carboxylic acids is 2. The van der Waals surface area contributed by atoms with Crippen LogP contribution in [-0.2, 0) is 26.2 Å². The second-order valence-electron chi connectivity index (χ2n) is 11.4. The monoisotopic (exact) mass is 651 g/mol. The fourth-order valence-electron chi connectivity index (χ4n) is 5.63. The van der Waals surface area contributed by atoms with Crippen molar-refractivity contribution in [3.63, 3.8) is 0 Å². The van der Waals surface area contributed by atoms with Crippen LogP contribution in [0.5, 0.6) is 17.2 Å². The predicted molar refractivity (Wildman–Crippen MR) is 178 cm³/mol. The number of nitrogens with one attached hydrogen (secondary N) is 1. The summed E-state index contributed by atoms with van der Waals surface area (Å²) in [5.41, 5.74) is 2.09. The Morgan fingerprint density at radius 3 is 2.24 bits per heavy atom. The fourth-order valence-corrected chi connectivity index (χ4v) is 7.06. The first-order valence-electron chi connectivity index (χ1n) is 15.7. The molecule has 4 rings (SSSR count). The van der Waals surface area contributed by atoms with Gasteiger partial charge in [0.25, 0.3) is 10.0 Å². The Hall–Kier alpha value is -4.25. The molecule has 1 atom stereocenters. The Morgan fingerprint density at radius 2 is 1.61 bits per heavy atom. The standard InChI is InChI=1S/C35H45N3O7S/c1-6-45-30-18-16-29(17-19-30)38(46(41,42)31-20-21-32(43-4)33(22-31)44-5)24-34(39)37(23-27-13-11-10-12-25(27)2)26(3)35(40)36-28-14-8-7-9-15-28/h10-13,16-22,26,28H,6-9,14-15,23-24H2,1-5H3,(H,36,40)/t26-/m1/s1. The number of carbonyl (C=O) groups is 2. The third kappa shape index (κ3) is 8.31. The Morgan fingerprint density at radius 1 is 0.935 bits per heavy atom. The van der Waals surface area contributed by atoms with Crippen molar-refractivity contribution in [3.05, 3.63) is 77.9 Å². The number of amides is 2. The van der Waals surface area contributed by atoms with Gasteiger partial charge in [0.15, 0.2) is 11.5 Å². The number of hydrogen-bond donors (Lipinski definition) is 1. The van der Waals surface area contributed by atoms with E-state index < -0.39 is 28.5 Å². The van der Waals surface area contributed by atoms with E-state index in [1.54, 1.807) is 31.2 Å². The summed E-state index contributed by atoms with van der Waals surface area (Å²) in [4.78, 5) is 29.3. The zero-order valence-corrected chi connectivity index (χ0v) is 28.1. The third-order valence-electron chi connectivity index (χ3n) is 8.38. The molecule has 1 saturated carbocycles. The zero-order valence-electron chi connectivity index (χ0n) is 27.3. The number of aryl methyl sites for hydroxylation is 1. The van der Waals surface area contributed by atoms with Gasteiger partial charge in [-0.25, -0.2) is 8.42 Å². The molecular weight excluding hydrogens is 606 g/mol. The third-order valence-corrected chi connectivity index (χ3v) is 10.1. The normalized spacial score (nSPS) is 14.2. The van der Waals surface area contributed by atoms with Crippen LogP contribution in [0.25, 0.3) is 0 Å². The maximum atomic E-state index is 14.3. The summed E-state index contributed by atoms with van der Waals surface area (Å²) in [7, 11) is -1.42. The predicted octanol–water partition coefficient (Wildman–Crippen LogP) is 5.47. The zero-order chi connectivity index (χ0) is 33.3. The summed E-state index contributed by atoms with van der Waals surface area (Å²) >= 11 is 0. The van der Waals surface area contributed by atoms with Crippen LogP contribution in [0.4, 0.5) is 5.69 Å². The molecular formula is C35H45N3O7S. The Kier molecular flexibility index (Phi) is 11.9. The average Bonchev–Trinajstić information content (AvgIpc) is 3.07. The second kappa shape index (κ2) is 15.8. The van der Waals surface area contributed by atoms with E-state index in [4.69, 9.17) is 14.2 Å². The highest BCUT2D eigenvalue weighted by atomic mass is 32.2. The van der Waals surface area contributed by atoms with Crippen molar-refractivity contribution < 1.29 is 32.2 Å². The van der Waals surface area contributed by atoms with Crippen molar-refractivity contribution in [2.24, 2.45) is 0 Å². The molecule has 11 heteroatoms. The summed E-state index contributed by atoms with van der Waals surface area (Å²) in [6.45, 7) is 5.53. The van der Waals surface area contributed by atoms with Gasteiger partial charge in [-0.2, -0.15) is 0 Å². The molecule has 0 saturated heterocycles. The molecule has 10 nitrogen and oxygen atoms in total. The molecule has 3 aromatic carbocycles. The van der Waals surface area contributed by atoms with E-state index in [1.165, 1.54) is 37.3 Å². The van der Waals surface area contributed by atoms with Gasteiger partial charge in [-0.15, -0.1) is 0 Å². The fraction of sp³-hybridized carbons (Fsp3) is 0.429. The quantitative estimate of drug-likeness (QED) is 0.246. The Labute approximate surface area is 272 Å². The summed E-state index contributed by atoms with van der Waals surface area (Å²) in [5, 5.41) is 3.13. The molecule has 0 unspecified atom stereocenters. The summed E-state index contributed by atoms with van der Waals surface area (Å²) in [6, 6.07) is 17.7. The van der Waals surface area contributed by atoms with Crippen LogP contribution in [0.1, 0.15) is 57.1 Å². The summed E-state index contributed by atoms with van der Waals surface area (Å²) in [6.07, 6.45) is 5.06. The lowest BCUT2D eigenvalue weighted by molar-refractivity contribution is -0.139. The van der Waals surface area contributed by atoms with Gasteiger partial charge in [-0.1, -0.05) is 43.5 Å². The van der Waals surface area contributed by atoms with Crippen LogP contribution in [0.3, 0.4) is 0 Å². The van der Waals surface area contributed by atoms with Gasteiger partial charge < -0.3 is 24.4 Å². The lowest BCUT2D eigenvalue weighted by Crippen LogP contribution is -2.53. The number of rotatable bonds is 14. The maximum absolute atomic E-state index is 14.3. The molecule has 1 N–H and O–H groups in total. The molecule has 0 aromatic heterocycles. The molecule has 248 valence electrons. The van der Waals surface area contributed by atoms with E-state index in [2.05, 4.69) is 5.32 Å². The van der Waals surface area contributed by atoms with Crippen LogP contribution in [0.2, 0.25) is 0 Å². The molecule has 3 aromatic rings. The van der Waals surface area contributed by atoms with E-state index >= 15 is 0 Å². The van der Waals surface area contributed by atoms with Gasteiger partial charge in [0.2, 0.25) is 11.8 Å². The Bertz CT molecular complexity index is 1590. The number of benzene rings is 3. The maximum Gasteiger partial charge on any atom is 0.264 e. The lowest BCUT2D eigenvalue weighted by atomic mass is 9.95. The second-order valence-corrected chi connectivity index (χ2v) is 13.3. The van der Waals surface area contributed by atoms with Gasteiger partial charge in [0.1, 0.15) is 18.3 Å². The minimum absolute atomic E-state index is 0.0601. The highest BCUT2D eigenvalue weighted by molar-refractivity contribution is 7.92. The SMILES string of the molecule is CCOc1ccc(N(CC(=O)N(Cc2ccccc2C)[C@H](C)C(=O)NC2CCCCC2)S(=O)(=O)c2ccc(OC)c(OC)c2)cc1. The van der Waals surface area contributed by atoms with Crippen molar-refractivity contribution in [1.82, 2.24) is 10.2 Å². The molecule has 0 radical (unpaired) electrons. The minimum atomic E-state index is -4.31. The minimum Gasteiger partial charge on any atom is -0.494 e. The molecule has 1 aliphatic carbocycles. The van der Waals surface area contributed by atoms with Crippen molar-refractivity contribution >= 4 is 27.5 Å². The first kappa shape index (κ1) is 34.6. The van der Waals surface area contributed by atoms with E-state index in [9.17, 15) is 18.0 Å². The van der Waals surface area contributed by atoms with Crippen molar-refractivity contribution in [3.8, 4) is 17.2 Å². The van der Waals surface area contributed by atoms with Crippen molar-refractivity contribution in [1.29, 1.82) is 0 Å². The molecule has 46 heavy (non-hydrogen) atoms. The molecule has 0 aliphatic heterocycles. The average molecular weight is 652 g/mol. The highest BCUT2D eigenvalue weighted by Crippen LogP contribution is 2.33. The van der Waals surface area contributed by atoms with Crippen LogP contribution in [0, 0.1) is 6.92 Å². The molecule has 2 amide bonds. The molecule has 0 bridgehead atoms. The topological polar surface area (TPSA) is 114 Å². The summed E-state index contributed by atoms with van der Waals surface area (Å²) in [5.74, 6) is 0.384. The first-order valence-corrected chi connectivity index (χ1v) is 17.1. The van der Waals surface area contributed by atoms with Gasteiger partial charge in [-0.3, -0.25) is 13.9 Å². The first-order chi connectivity index (χ1) is 22.1. The van der Waals surface area contributed by atoms with Crippen molar-refractivity contribution in [2.45, 2.75) is 76.4 Å². The number of anilines is 1. The number of nitrogens with zero attached hydrogens (tertiary/aromatic N) is 2. The van der Waals surface area contributed by atoms with Crippen LogP contribution in [-0.4, -0.2) is 64.6 Å². The lowest BCUT2D eigenvalue weighted by Gasteiger charge is -2.33. The number of methoxy groups -OCH3 is 2. The van der Waals surface area contributed by atoms with E-state index in [0.29, 0.717) is 18.1 Å². The van der Waals surface area contributed by atoms with Gasteiger partial charge >= 0.3 is 0 Å². The molecule has 1 fully saturated rings. The van der Waals surface area contributed by atoms with Crippen LogP contribution in [0.15, 0.2) is 71.6 Å². The largest absolute Gasteiger partial charge is 0.494 e. The van der Waals surface area contributed by atoms with E-state index in [-0.39, 0.29) is 34.8 Å². The molecule has 0 heterocycles. The number of hydrogen-bond acceptors (Lipinski definition) is 7. The van der Waals surface area contributed by atoms with Crippen molar-refractivity contribution in [2.75, 3.05) is 31.7 Å².